The zero-order chi connectivity index (χ0) is 15.1. The van der Waals surface area contributed by atoms with Gasteiger partial charge in [0.2, 0.25) is 0 Å². The molecular weight excluding hydrogens is 264 g/mol. The lowest BCUT2D eigenvalue weighted by Gasteiger charge is -2.14. The van der Waals surface area contributed by atoms with Crippen LogP contribution in [0.2, 0.25) is 0 Å². The summed E-state index contributed by atoms with van der Waals surface area (Å²) in [4.78, 5) is 11.3. The van der Waals surface area contributed by atoms with Gasteiger partial charge in [-0.05, 0) is 29.7 Å². The van der Waals surface area contributed by atoms with Gasteiger partial charge in [0.15, 0.2) is 0 Å². The summed E-state index contributed by atoms with van der Waals surface area (Å²) in [6, 6.07) is 17.8. The van der Waals surface area contributed by atoms with Crippen LogP contribution in [0.3, 0.4) is 0 Å². The molecule has 0 radical (unpaired) electrons. The van der Waals surface area contributed by atoms with Crippen molar-refractivity contribution in [2.24, 2.45) is 0 Å². The molecule has 2 aromatic rings. The quantitative estimate of drug-likeness (QED) is 0.852. The third-order valence-corrected chi connectivity index (χ3v) is 3.23. The van der Waals surface area contributed by atoms with Crippen molar-refractivity contribution in [1.82, 2.24) is 5.32 Å². The van der Waals surface area contributed by atoms with Crippen LogP contribution in [0.15, 0.2) is 54.6 Å². The van der Waals surface area contributed by atoms with Crippen molar-refractivity contribution in [3.8, 4) is 6.07 Å². The molecule has 21 heavy (non-hydrogen) atoms. The number of nitrogens with zero attached hydrogens (tertiary/aromatic N) is 1. The Morgan fingerprint density at radius 3 is 2.38 bits per heavy atom. The Morgan fingerprint density at radius 2 is 1.81 bits per heavy atom. The van der Waals surface area contributed by atoms with Crippen LogP contribution in [0.4, 0.5) is 0 Å². The number of carboxylic acids is 1. The number of aliphatic carboxylic acids is 1. The van der Waals surface area contributed by atoms with E-state index in [-0.39, 0.29) is 0 Å². The predicted molar refractivity (Wildman–Crippen MR) is 79.7 cm³/mol. The van der Waals surface area contributed by atoms with Crippen LogP contribution in [0.25, 0.3) is 0 Å². The highest BCUT2D eigenvalue weighted by atomic mass is 16.4. The number of hydrogen-bond donors (Lipinski definition) is 2. The largest absolute Gasteiger partial charge is 0.480 e. The summed E-state index contributed by atoms with van der Waals surface area (Å²) in [5.74, 6) is -0.888. The van der Waals surface area contributed by atoms with E-state index in [0.717, 1.165) is 11.1 Å². The minimum Gasteiger partial charge on any atom is -0.480 e. The summed E-state index contributed by atoms with van der Waals surface area (Å²) in [6.07, 6.45) is 0.711. The fourth-order valence-corrected chi connectivity index (χ4v) is 2.10. The number of hydrogen-bond acceptors (Lipinski definition) is 3. The molecule has 2 N–H and O–H groups in total. The van der Waals surface area contributed by atoms with Gasteiger partial charge >= 0.3 is 5.97 Å². The number of carboxylic acid groups (broad SMARTS) is 1. The highest BCUT2D eigenvalue weighted by Gasteiger charge is 2.18. The van der Waals surface area contributed by atoms with Gasteiger partial charge in [-0.25, -0.2) is 0 Å². The zero-order valence-corrected chi connectivity index (χ0v) is 11.5. The van der Waals surface area contributed by atoms with Crippen LogP contribution < -0.4 is 5.32 Å². The number of nitriles is 1. The van der Waals surface area contributed by atoms with E-state index in [0.29, 0.717) is 18.5 Å². The van der Waals surface area contributed by atoms with Crippen molar-refractivity contribution < 1.29 is 9.90 Å². The predicted octanol–water partition coefficient (Wildman–Crippen LogP) is 2.52. The van der Waals surface area contributed by atoms with Gasteiger partial charge in [-0.2, -0.15) is 5.26 Å². The lowest BCUT2D eigenvalue weighted by atomic mass is 10.1. The van der Waals surface area contributed by atoms with E-state index in [9.17, 15) is 9.90 Å². The van der Waals surface area contributed by atoms with Crippen molar-refractivity contribution in [1.29, 1.82) is 5.26 Å². The first-order chi connectivity index (χ1) is 10.2. The molecule has 4 nitrogen and oxygen atoms in total. The highest BCUT2D eigenvalue weighted by Crippen LogP contribution is 2.13. The Bertz CT molecular complexity index is 630. The second-order valence-electron chi connectivity index (χ2n) is 4.69. The molecule has 0 saturated carbocycles. The van der Waals surface area contributed by atoms with Crippen molar-refractivity contribution in [2.75, 3.05) is 6.54 Å². The summed E-state index contributed by atoms with van der Waals surface area (Å²) in [6.45, 7) is 0.553. The van der Waals surface area contributed by atoms with Gasteiger partial charge in [0.25, 0.3) is 0 Å². The monoisotopic (exact) mass is 280 g/mol. The summed E-state index contributed by atoms with van der Waals surface area (Å²) in [7, 11) is 0. The van der Waals surface area contributed by atoms with Crippen LogP contribution >= 0.6 is 0 Å². The fourth-order valence-electron chi connectivity index (χ4n) is 2.10. The summed E-state index contributed by atoms with van der Waals surface area (Å²) >= 11 is 0. The van der Waals surface area contributed by atoms with Crippen LogP contribution in [-0.4, -0.2) is 17.6 Å². The van der Waals surface area contributed by atoms with E-state index >= 15 is 0 Å². The molecule has 0 aliphatic rings. The lowest BCUT2D eigenvalue weighted by molar-refractivity contribution is -0.139. The van der Waals surface area contributed by atoms with E-state index in [1.165, 1.54) is 0 Å². The van der Waals surface area contributed by atoms with Crippen LogP contribution in [0.5, 0.6) is 0 Å². The van der Waals surface area contributed by atoms with E-state index < -0.39 is 12.0 Å². The Kier molecular flexibility index (Phi) is 5.08. The fraction of sp³-hybridized carbons (Fsp3) is 0.176. The van der Waals surface area contributed by atoms with Gasteiger partial charge in [-0.3, -0.25) is 4.79 Å². The Morgan fingerprint density at radius 1 is 1.14 bits per heavy atom. The number of rotatable bonds is 6. The molecular formula is C17H16N2O2. The number of benzene rings is 2. The molecule has 2 aromatic carbocycles. The van der Waals surface area contributed by atoms with E-state index in [1.807, 2.05) is 30.3 Å². The smallest absolute Gasteiger partial charge is 0.325 e. The summed E-state index contributed by atoms with van der Waals surface area (Å²) in [5.41, 5.74) is 2.43. The maximum Gasteiger partial charge on any atom is 0.325 e. The van der Waals surface area contributed by atoms with Crippen LogP contribution in [-0.2, 0) is 11.2 Å². The van der Waals surface area contributed by atoms with E-state index in [4.69, 9.17) is 5.26 Å². The molecule has 0 aliphatic carbocycles. The molecule has 1 atom stereocenters. The lowest BCUT2D eigenvalue weighted by Crippen LogP contribution is -2.30. The van der Waals surface area contributed by atoms with Gasteiger partial charge < -0.3 is 10.4 Å². The van der Waals surface area contributed by atoms with Crippen molar-refractivity contribution in [3.05, 3.63) is 71.3 Å². The van der Waals surface area contributed by atoms with Gasteiger partial charge in [-0.15, -0.1) is 0 Å². The van der Waals surface area contributed by atoms with Gasteiger partial charge in [-0.1, -0.05) is 42.5 Å². The third-order valence-electron chi connectivity index (χ3n) is 3.23. The normalized spacial score (nSPS) is 11.6. The molecule has 0 heterocycles. The Hall–Kier alpha value is -2.64. The Balaban J connectivity index is 1.93. The van der Waals surface area contributed by atoms with Crippen molar-refractivity contribution >= 4 is 5.97 Å². The van der Waals surface area contributed by atoms with Gasteiger partial charge in [0, 0.05) is 6.54 Å². The summed E-state index contributed by atoms with van der Waals surface area (Å²) in [5, 5.41) is 21.1. The van der Waals surface area contributed by atoms with Crippen LogP contribution in [0.1, 0.15) is 22.7 Å². The third kappa shape index (κ3) is 4.16. The molecule has 0 aliphatic heterocycles. The van der Waals surface area contributed by atoms with Gasteiger partial charge in [0.1, 0.15) is 6.04 Å². The zero-order valence-electron chi connectivity index (χ0n) is 11.5. The van der Waals surface area contributed by atoms with Crippen LogP contribution in [0, 0.1) is 11.3 Å². The second-order valence-corrected chi connectivity index (χ2v) is 4.69. The highest BCUT2D eigenvalue weighted by molar-refractivity contribution is 5.75. The average molecular weight is 280 g/mol. The van der Waals surface area contributed by atoms with Gasteiger partial charge in [0.05, 0.1) is 11.6 Å². The van der Waals surface area contributed by atoms with Crippen molar-refractivity contribution in [3.63, 3.8) is 0 Å². The topological polar surface area (TPSA) is 73.1 Å². The molecule has 0 saturated heterocycles. The first-order valence-electron chi connectivity index (χ1n) is 6.71. The molecule has 0 spiro atoms. The number of carbonyl (C=O) groups is 1. The molecule has 2 rings (SSSR count). The SMILES string of the molecule is N#Cc1ccc(CCNC(C(=O)O)c2ccccc2)cc1. The first kappa shape index (κ1) is 14.8. The minimum absolute atomic E-state index is 0.553. The molecule has 1 unspecified atom stereocenters. The maximum atomic E-state index is 11.3. The molecule has 0 bridgehead atoms. The maximum absolute atomic E-state index is 11.3. The minimum atomic E-state index is -0.888. The van der Waals surface area contributed by atoms with E-state index in [1.54, 1.807) is 24.3 Å². The molecule has 4 heteroatoms. The van der Waals surface area contributed by atoms with E-state index in [2.05, 4.69) is 11.4 Å². The standard InChI is InChI=1S/C17H16N2O2/c18-12-14-8-6-13(7-9-14)10-11-19-16(17(20)21)15-4-2-1-3-5-15/h1-9,16,19H,10-11H2,(H,20,21). The molecule has 0 aromatic heterocycles. The number of nitrogens with one attached hydrogen (secondary N) is 1. The average Bonchev–Trinajstić information content (AvgIpc) is 2.52. The second kappa shape index (κ2) is 7.22. The van der Waals surface area contributed by atoms with Crippen molar-refractivity contribution in [2.45, 2.75) is 12.5 Å². The molecule has 0 amide bonds. The first-order valence-corrected chi connectivity index (χ1v) is 6.71. The Labute approximate surface area is 123 Å². The summed E-state index contributed by atoms with van der Waals surface area (Å²) < 4.78 is 0. The molecule has 106 valence electrons. The molecule has 0 fully saturated rings.